The van der Waals surface area contributed by atoms with Gasteiger partial charge < -0.3 is 14.8 Å². The molecule has 1 aliphatic rings. The molecule has 2 aromatic rings. The van der Waals surface area contributed by atoms with Gasteiger partial charge in [0.15, 0.2) is 11.5 Å². The molecule has 0 unspecified atom stereocenters. The van der Waals surface area contributed by atoms with Gasteiger partial charge in [0.05, 0.1) is 13.7 Å². The zero-order valence-electron chi connectivity index (χ0n) is 15.0. The summed E-state index contributed by atoms with van der Waals surface area (Å²) in [5, 5.41) is 2.89. The number of anilines is 1. The second kappa shape index (κ2) is 8.81. The zero-order valence-corrected chi connectivity index (χ0v) is 15.0. The van der Waals surface area contributed by atoms with Crippen LogP contribution in [0, 0.1) is 0 Å². The predicted molar refractivity (Wildman–Crippen MR) is 98.1 cm³/mol. The minimum atomic E-state index is -2.91. The maximum absolute atomic E-state index is 12.5. The van der Waals surface area contributed by atoms with Crippen molar-refractivity contribution in [2.45, 2.75) is 32.0 Å². The Morgan fingerprint density at radius 3 is 2.56 bits per heavy atom. The van der Waals surface area contributed by atoms with E-state index in [9.17, 15) is 13.6 Å². The Bertz CT molecular complexity index is 767. The smallest absolute Gasteiger partial charge is 0.387 e. The van der Waals surface area contributed by atoms with E-state index in [4.69, 9.17) is 4.74 Å². The lowest BCUT2D eigenvalue weighted by Gasteiger charge is -2.22. The Balaban J connectivity index is 1.65. The molecule has 0 spiro atoms. The molecule has 0 saturated heterocycles. The molecule has 1 aliphatic carbocycles. The van der Waals surface area contributed by atoms with Gasteiger partial charge in [-0.3, -0.25) is 9.69 Å². The number of nitrogens with one attached hydrogen (secondary N) is 1. The molecular weight excluding hydrogens is 354 g/mol. The van der Waals surface area contributed by atoms with Gasteiger partial charge in [-0.1, -0.05) is 24.3 Å². The third-order valence-electron chi connectivity index (χ3n) is 4.30. The number of alkyl halides is 2. The fourth-order valence-electron chi connectivity index (χ4n) is 2.90. The Hall–Kier alpha value is -2.67. The first-order chi connectivity index (χ1) is 13.0. The largest absolute Gasteiger partial charge is 0.493 e. The molecule has 0 bridgehead atoms. The van der Waals surface area contributed by atoms with E-state index in [1.54, 1.807) is 12.1 Å². The summed E-state index contributed by atoms with van der Waals surface area (Å²) < 4.78 is 34.5. The predicted octanol–water partition coefficient (Wildman–Crippen LogP) is 3.90. The van der Waals surface area contributed by atoms with Crippen LogP contribution < -0.4 is 14.8 Å². The van der Waals surface area contributed by atoms with E-state index in [2.05, 4.69) is 15.0 Å². The van der Waals surface area contributed by atoms with Crippen LogP contribution in [0.1, 0.15) is 18.4 Å². The SMILES string of the molecule is COc1cc(CN(CC(=O)Nc2ccccc2)C2CC2)ccc1OC(F)F. The van der Waals surface area contributed by atoms with Crippen LogP contribution in [0.3, 0.4) is 0 Å². The van der Waals surface area contributed by atoms with Crippen molar-refractivity contribution >= 4 is 11.6 Å². The van der Waals surface area contributed by atoms with E-state index in [-0.39, 0.29) is 24.0 Å². The third kappa shape index (κ3) is 5.65. The molecule has 0 aliphatic heterocycles. The standard InChI is InChI=1S/C20H22F2N2O3/c1-26-18-11-14(7-10-17(18)27-20(21)22)12-24(16-8-9-16)13-19(25)23-15-5-3-2-4-6-15/h2-7,10-11,16,20H,8-9,12-13H2,1H3,(H,23,25). The van der Waals surface area contributed by atoms with E-state index >= 15 is 0 Å². The number of benzene rings is 2. The molecule has 3 rings (SSSR count). The number of rotatable bonds is 9. The highest BCUT2D eigenvalue weighted by Gasteiger charge is 2.30. The van der Waals surface area contributed by atoms with E-state index in [1.807, 2.05) is 30.3 Å². The van der Waals surface area contributed by atoms with Gasteiger partial charge in [-0.05, 0) is 42.7 Å². The van der Waals surface area contributed by atoms with Crippen molar-refractivity contribution in [1.82, 2.24) is 4.90 Å². The average molecular weight is 376 g/mol. The lowest BCUT2D eigenvalue weighted by atomic mass is 10.2. The fraction of sp³-hybridized carbons (Fsp3) is 0.350. The second-order valence-electron chi connectivity index (χ2n) is 6.41. The molecule has 2 aromatic carbocycles. The summed E-state index contributed by atoms with van der Waals surface area (Å²) in [6, 6.07) is 14.5. The van der Waals surface area contributed by atoms with Crippen LogP contribution in [0.25, 0.3) is 0 Å². The highest BCUT2D eigenvalue weighted by atomic mass is 19.3. The molecule has 7 heteroatoms. The van der Waals surface area contributed by atoms with Crippen LogP contribution in [-0.2, 0) is 11.3 Å². The maximum atomic E-state index is 12.5. The van der Waals surface area contributed by atoms with Crippen molar-refractivity contribution in [3.8, 4) is 11.5 Å². The molecule has 0 atom stereocenters. The van der Waals surface area contributed by atoms with Crippen molar-refractivity contribution < 1.29 is 23.0 Å². The highest BCUT2D eigenvalue weighted by molar-refractivity contribution is 5.92. The molecule has 0 radical (unpaired) electrons. The fourth-order valence-corrected chi connectivity index (χ4v) is 2.90. The molecule has 1 saturated carbocycles. The number of carbonyl (C=O) groups is 1. The lowest BCUT2D eigenvalue weighted by molar-refractivity contribution is -0.117. The molecule has 1 N–H and O–H groups in total. The van der Waals surface area contributed by atoms with Crippen molar-refractivity contribution in [1.29, 1.82) is 0 Å². The third-order valence-corrected chi connectivity index (χ3v) is 4.30. The molecule has 5 nitrogen and oxygen atoms in total. The van der Waals surface area contributed by atoms with Crippen LogP contribution in [-0.4, -0.2) is 37.1 Å². The normalized spacial score (nSPS) is 13.7. The molecule has 1 amide bonds. The number of para-hydroxylation sites is 1. The summed E-state index contributed by atoms with van der Waals surface area (Å²) in [6.45, 7) is -2.12. The molecular formula is C20H22F2N2O3. The van der Waals surface area contributed by atoms with Crippen molar-refractivity contribution in [3.05, 3.63) is 54.1 Å². The van der Waals surface area contributed by atoms with Crippen molar-refractivity contribution in [3.63, 3.8) is 0 Å². The Morgan fingerprint density at radius 1 is 1.19 bits per heavy atom. The molecule has 1 fully saturated rings. The number of carbonyl (C=O) groups excluding carboxylic acids is 1. The van der Waals surface area contributed by atoms with Crippen LogP contribution in [0.5, 0.6) is 11.5 Å². The van der Waals surface area contributed by atoms with Crippen LogP contribution in [0.15, 0.2) is 48.5 Å². The Kier molecular flexibility index (Phi) is 6.24. The van der Waals surface area contributed by atoms with E-state index in [0.29, 0.717) is 12.6 Å². The summed E-state index contributed by atoms with van der Waals surface area (Å²) in [7, 11) is 1.41. The number of halogens is 2. The second-order valence-corrected chi connectivity index (χ2v) is 6.41. The summed E-state index contributed by atoms with van der Waals surface area (Å²) in [6.07, 6.45) is 2.09. The van der Waals surface area contributed by atoms with Crippen molar-refractivity contribution in [2.24, 2.45) is 0 Å². The Labute approximate surface area is 156 Å². The average Bonchev–Trinajstić information content (AvgIpc) is 3.48. The first-order valence-corrected chi connectivity index (χ1v) is 8.76. The summed E-state index contributed by atoms with van der Waals surface area (Å²) in [5.41, 5.74) is 1.63. The van der Waals surface area contributed by atoms with E-state index in [0.717, 1.165) is 24.1 Å². The van der Waals surface area contributed by atoms with Crippen LogP contribution in [0.2, 0.25) is 0 Å². The minimum Gasteiger partial charge on any atom is -0.493 e. The Morgan fingerprint density at radius 2 is 1.93 bits per heavy atom. The monoisotopic (exact) mass is 376 g/mol. The highest BCUT2D eigenvalue weighted by Crippen LogP contribution is 2.32. The van der Waals surface area contributed by atoms with Crippen LogP contribution in [0.4, 0.5) is 14.5 Å². The maximum Gasteiger partial charge on any atom is 0.387 e. The number of nitrogens with zero attached hydrogens (tertiary/aromatic N) is 1. The molecule has 0 heterocycles. The molecule has 27 heavy (non-hydrogen) atoms. The van der Waals surface area contributed by atoms with Gasteiger partial charge in [0, 0.05) is 18.3 Å². The van der Waals surface area contributed by atoms with Gasteiger partial charge in [0.1, 0.15) is 0 Å². The van der Waals surface area contributed by atoms with Gasteiger partial charge >= 0.3 is 6.61 Å². The van der Waals surface area contributed by atoms with Gasteiger partial charge in [0.25, 0.3) is 0 Å². The lowest BCUT2D eigenvalue weighted by Crippen LogP contribution is -2.34. The number of hydrogen-bond acceptors (Lipinski definition) is 4. The number of hydrogen-bond donors (Lipinski definition) is 1. The van der Waals surface area contributed by atoms with E-state index in [1.165, 1.54) is 13.2 Å². The van der Waals surface area contributed by atoms with Gasteiger partial charge in [-0.15, -0.1) is 0 Å². The number of ether oxygens (including phenoxy) is 2. The van der Waals surface area contributed by atoms with E-state index < -0.39 is 6.61 Å². The first-order valence-electron chi connectivity index (χ1n) is 8.76. The van der Waals surface area contributed by atoms with Crippen molar-refractivity contribution in [2.75, 3.05) is 19.0 Å². The quantitative estimate of drug-likeness (QED) is 0.721. The van der Waals surface area contributed by atoms with Gasteiger partial charge in [-0.25, -0.2) is 0 Å². The molecule has 144 valence electrons. The van der Waals surface area contributed by atoms with Gasteiger partial charge in [-0.2, -0.15) is 8.78 Å². The van der Waals surface area contributed by atoms with Crippen LogP contribution >= 0.6 is 0 Å². The number of amides is 1. The summed E-state index contributed by atoms with van der Waals surface area (Å²) in [4.78, 5) is 14.4. The zero-order chi connectivity index (χ0) is 19.2. The van der Waals surface area contributed by atoms with Gasteiger partial charge in [0.2, 0.25) is 5.91 Å². The summed E-state index contributed by atoms with van der Waals surface area (Å²) >= 11 is 0. The summed E-state index contributed by atoms with van der Waals surface area (Å²) in [5.74, 6) is 0.158. The molecule has 0 aromatic heterocycles. The topological polar surface area (TPSA) is 50.8 Å². The first kappa shape index (κ1) is 19.1. The minimum absolute atomic E-state index is 0.00366. The number of methoxy groups -OCH3 is 1.